The van der Waals surface area contributed by atoms with Crippen LogP contribution in [0, 0.1) is 6.92 Å². The van der Waals surface area contributed by atoms with Gasteiger partial charge in [-0.15, -0.1) is 0 Å². The standard InChI is InChI=1S/C26H30O12S/c1-13-7-9-15(10-8-13)39(30,31)38-23-20(29)22(17-12-33-26(23)35-17)37-25-19(28)18(27)21-16(34-25)11-32-24(36-21)14-5-3-2-4-6-14/h2-10,16-29H,11-12H2,1H3/t16-,17?,18?,19?,20?,21+,22+,23?,24?,25-,26+/m0/s1. The first kappa shape index (κ1) is 27.2. The average molecular weight is 567 g/mol. The lowest BCUT2D eigenvalue weighted by molar-refractivity contribution is -0.376. The minimum absolute atomic E-state index is 0.0146. The Morgan fingerprint density at radius 3 is 2.26 bits per heavy atom. The van der Waals surface area contributed by atoms with Gasteiger partial charge in [0.05, 0.1) is 18.1 Å². The lowest BCUT2D eigenvalue weighted by Gasteiger charge is -2.47. The second kappa shape index (κ2) is 10.8. The van der Waals surface area contributed by atoms with E-state index in [1.807, 2.05) is 37.3 Å². The van der Waals surface area contributed by atoms with E-state index in [0.29, 0.717) is 0 Å². The van der Waals surface area contributed by atoms with E-state index < -0.39 is 77.8 Å². The van der Waals surface area contributed by atoms with Crippen molar-refractivity contribution in [3.05, 3.63) is 65.7 Å². The van der Waals surface area contributed by atoms with Gasteiger partial charge >= 0.3 is 0 Å². The Hall–Kier alpha value is -2.01. The number of hydrogen-bond donors (Lipinski definition) is 3. The van der Waals surface area contributed by atoms with Crippen LogP contribution in [0.25, 0.3) is 0 Å². The largest absolute Gasteiger partial charge is 0.387 e. The summed E-state index contributed by atoms with van der Waals surface area (Å²) in [6.07, 6.45) is -12.9. The van der Waals surface area contributed by atoms with Crippen LogP contribution in [0.5, 0.6) is 0 Å². The number of hydrogen-bond acceptors (Lipinski definition) is 12. The van der Waals surface area contributed by atoms with Gasteiger partial charge in [-0.1, -0.05) is 48.0 Å². The fourth-order valence-corrected chi connectivity index (χ4v) is 6.23. The van der Waals surface area contributed by atoms with E-state index in [9.17, 15) is 23.7 Å². The van der Waals surface area contributed by atoms with E-state index in [1.165, 1.54) is 12.1 Å². The van der Waals surface area contributed by atoms with Crippen molar-refractivity contribution in [2.24, 2.45) is 0 Å². The van der Waals surface area contributed by atoms with E-state index in [0.717, 1.165) is 11.1 Å². The monoisotopic (exact) mass is 566 g/mol. The van der Waals surface area contributed by atoms with Crippen LogP contribution in [0.1, 0.15) is 17.4 Å². The molecule has 3 N–H and O–H groups in total. The quantitative estimate of drug-likeness (QED) is 0.407. The van der Waals surface area contributed by atoms with Gasteiger partial charge in [0.15, 0.2) is 25.0 Å². The Bertz CT molecular complexity index is 1240. The van der Waals surface area contributed by atoms with Gasteiger partial charge in [0, 0.05) is 5.56 Å². The first-order valence-corrected chi connectivity index (χ1v) is 14.1. The summed E-state index contributed by atoms with van der Waals surface area (Å²) in [5.41, 5.74) is 1.62. The number of aryl methyl sites for hydroxylation is 1. The molecule has 0 aromatic heterocycles. The number of aliphatic hydroxyl groups excluding tert-OH is 3. The van der Waals surface area contributed by atoms with E-state index >= 15 is 0 Å². The van der Waals surface area contributed by atoms with Crippen molar-refractivity contribution in [3.63, 3.8) is 0 Å². The number of aliphatic hydroxyl groups is 3. The third-order valence-corrected chi connectivity index (χ3v) is 8.61. The summed E-state index contributed by atoms with van der Waals surface area (Å²) in [6.45, 7) is 1.85. The smallest absolute Gasteiger partial charge is 0.297 e. The Morgan fingerprint density at radius 2 is 1.51 bits per heavy atom. The molecule has 0 amide bonds. The SMILES string of the molecule is Cc1ccc(S(=O)(=O)OC2C(O)[C@H](O[C@@H]3O[C@H]4COC(c5ccccc5)O[C@H]4C(O)C3O)C3CO[C@@H]2O3)cc1. The van der Waals surface area contributed by atoms with Crippen LogP contribution in [0.3, 0.4) is 0 Å². The van der Waals surface area contributed by atoms with Crippen LogP contribution in [0.2, 0.25) is 0 Å². The molecule has 2 aromatic rings. The highest BCUT2D eigenvalue weighted by atomic mass is 32.2. The maximum absolute atomic E-state index is 12.9. The molecule has 4 aliphatic heterocycles. The molecule has 0 saturated carbocycles. The molecule has 212 valence electrons. The van der Waals surface area contributed by atoms with E-state index in [4.69, 9.17) is 32.6 Å². The second-order valence-corrected chi connectivity index (χ2v) is 11.6. The van der Waals surface area contributed by atoms with Gasteiger partial charge in [0.25, 0.3) is 10.1 Å². The van der Waals surface area contributed by atoms with Gasteiger partial charge in [-0.05, 0) is 19.1 Å². The number of fused-ring (bicyclic) bond motifs is 3. The molecule has 6 unspecified atom stereocenters. The van der Waals surface area contributed by atoms with Crippen LogP contribution < -0.4 is 0 Å². The number of ether oxygens (including phenoxy) is 6. The van der Waals surface area contributed by atoms with Crippen molar-refractivity contribution in [2.45, 2.75) is 79.5 Å². The molecule has 12 nitrogen and oxygen atoms in total. The predicted octanol–water partition coefficient (Wildman–Crippen LogP) is 0.131. The zero-order valence-corrected chi connectivity index (χ0v) is 21.7. The molecule has 4 heterocycles. The van der Waals surface area contributed by atoms with Gasteiger partial charge in [-0.2, -0.15) is 8.42 Å². The lowest BCUT2D eigenvalue weighted by Crippen LogP contribution is -2.64. The molecule has 4 saturated heterocycles. The van der Waals surface area contributed by atoms with Crippen LogP contribution in [0.4, 0.5) is 0 Å². The molecular weight excluding hydrogens is 536 g/mol. The van der Waals surface area contributed by atoms with Crippen LogP contribution in [0.15, 0.2) is 59.5 Å². The second-order valence-electron chi connectivity index (χ2n) is 10.00. The topological polar surface area (TPSA) is 159 Å². The fourth-order valence-electron chi connectivity index (χ4n) is 5.15. The average Bonchev–Trinajstić information content (AvgIpc) is 3.38. The molecule has 4 aliphatic rings. The minimum Gasteiger partial charge on any atom is -0.387 e. The molecule has 4 fully saturated rings. The summed E-state index contributed by atoms with van der Waals surface area (Å²) >= 11 is 0. The third-order valence-electron chi connectivity index (χ3n) is 7.29. The lowest BCUT2D eigenvalue weighted by atomic mass is 9.97. The Morgan fingerprint density at radius 1 is 0.795 bits per heavy atom. The first-order valence-electron chi connectivity index (χ1n) is 12.7. The van der Waals surface area contributed by atoms with Crippen LogP contribution in [-0.2, 0) is 42.7 Å². The fraction of sp³-hybridized carbons (Fsp3) is 0.538. The first-order chi connectivity index (χ1) is 18.7. The molecule has 0 spiro atoms. The van der Waals surface area contributed by atoms with Crippen molar-refractivity contribution in [1.82, 2.24) is 0 Å². The van der Waals surface area contributed by atoms with Crippen molar-refractivity contribution in [2.75, 3.05) is 13.2 Å². The summed E-state index contributed by atoms with van der Waals surface area (Å²) < 4.78 is 65.9. The summed E-state index contributed by atoms with van der Waals surface area (Å²) in [4.78, 5) is -0.0933. The Kier molecular flexibility index (Phi) is 7.50. The molecular formula is C26H30O12S. The molecule has 13 heteroatoms. The zero-order valence-electron chi connectivity index (χ0n) is 20.9. The normalized spacial score (nSPS) is 40.3. The van der Waals surface area contributed by atoms with Crippen LogP contribution in [-0.4, -0.2) is 98.4 Å². The summed E-state index contributed by atoms with van der Waals surface area (Å²) in [5.74, 6) is 0. The van der Waals surface area contributed by atoms with Gasteiger partial charge in [0.2, 0.25) is 0 Å². The van der Waals surface area contributed by atoms with Crippen molar-refractivity contribution in [3.8, 4) is 0 Å². The molecule has 0 aliphatic carbocycles. The highest BCUT2D eigenvalue weighted by Gasteiger charge is 2.56. The minimum atomic E-state index is -4.28. The maximum atomic E-state index is 12.9. The Labute approximate surface area is 225 Å². The maximum Gasteiger partial charge on any atom is 0.297 e. The van der Waals surface area contributed by atoms with Crippen molar-refractivity contribution in [1.29, 1.82) is 0 Å². The van der Waals surface area contributed by atoms with Crippen molar-refractivity contribution >= 4 is 10.1 Å². The predicted molar refractivity (Wildman–Crippen MR) is 129 cm³/mol. The molecule has 2 bridgehead atoms. The highest BCUT2D eigenvalue weighted by Crippen LogP contribution is 2.38. The summed E-state index contributed by atoms with van der Waals surface area (Å²) in [7, 11) is -4.28. The van der Waals surface area contributed by atoms with Gasteiger partial charge < -0.3 is 43.7 Å². The molecule has 6 rings (SSSR count). The zero-order chi connectivity index (χ0) is 27.3. The third kappa shape index (κ3) is 5.25. The molecule has 0 radical (unpaired) electrons. The van der Waals surface area contributed by atoms with Gasteiger partial charge in [0.1, 0.15) is 42.7 Å². The molecule has 2 aromatic carbocycles. The highest BCUT2D eigenvalue weighted by molar-refractivity contribution is 7.86. The Balaban J connectivity index is 1.15. The van der Waals surface area contributed by atoms with Gasteiger partial charge in [-0.25, -0.2) is 0 Å². The summed E-state index contributed by atoms with van der Waals surface area (Å²) in [6, 6.07) is 15.2. The summed E-state index contributed by atoms with van der Waals surface area (Å²) in [5, 5.41) is 32.8. The van der Waals surface area contributed by atoms with E-state index in [2.05, 4.69) is 0 Å². The van der Waals surface area contributed by atoms with Crippen molar-refractivity contribution < 1.29 is 56.3 Å². The molecule has 11 atom stereocenters. The molecule has 39 heavy (non-hydrogen) atoms. The number of rotatable bonds is 6. The van der Waals surface area contributed by atoms with E-state index in [-0.39, 0.29) is 18.1 Å². The van der Waals surface area contributed by atoms with E-state index in [1.54, 1.807) is 12.1 Å². The van der Waals surface area contributed by atoms with Crippen LogP contribution >= 0.6 is 0 Å². The van der Waals surface area contributed by atoms with Gasteiger partial charge in [-0.3, -0.25) is 4.18 Å². The number of benzene rings is 2.